The van der Waals surface area contributed by atoms with Crippen molar-refractivity contribution in [2.45, 2.75) is 19.3 Å². The first-order valence-electron chi connectivity index (χ1n) is 12.4. The van der Waals surface area contributed by atoms with Crippen LogP contribution in [0.25, 0.3) is 11.0 Å². The molecular weight excluding hydrogens is 458 g/mol. The van der Waals surface area contributed by atoms with Crippen LogP contribution in [0.15, 0.2) is 41.8 Å². The van der Waals surface area contributed by atoms with Gasteiger partial charge in [0.1, 0.15) is 23.5 Å². The fourth-order valence-electron chi connectivity index (χ4n) is 4.50. The van der Waals surface area contributed by atoms with Crippen LogP contribution in [0, 0.1) is 0 Å². The van der Waals surface area contributed by atoms with Crippen LogP contribution in [0.5, 0.6) is 11.6 Å². The van der Waals surface area contributed by atoms with E-state index in [0.29, 0.717) is 48.8 Å². The summed E-state index contributed by atoms with van der Waals surface area (Å²) in [5.74, 6) is 1.45. The Hall–Kier alpha value is -3.79. The van der Waals surface area contributed by atoms with Crippen molar-refractivity contribution in [3.05, 3.63) is 42.4 Å². The minimum absolute atomic E-state index is 0.00129. The van der Waals surface area contributed by atoms with Gasteiger partial charge in [-0.1, -0.05) is 6.58 Å². The van der Waals surface area contributed by atoms with Crippen molar-refractivity contribution >= 4 is 34.4 Å². The molecular formula is C26H33N7O3. The fourth-order valence-corrected chi connectivity index (χ4v) is 4.50. The molecule has 10 nitrogen and oxygen atoms in total. The third-order valence-electron chi connectivity index (χ3n) is 6.64. The Balaban J connectivity index is 1.51. The number of hydrogen-bond acceptors (Lipinski definition) is 9. The maximum Gasteiger partial charge on any atom is 0.199 e. The van der Waals surface area contributed by atoms with Crippen LogP contribution in [-0.4, -0.2) is 84.2 Å². The highest BCUT2D eigenvalue weighted by Crippen LogP contribution is 2.34. The van der Waals surface area contributed by atoms with Gasteiger partial charge in [0.15, 0.2) is 5.88 Å². The molecule has 190 valence electrons. The molecule has 2 aromatic heterocycles. The molecule has 4 heterocycles. The molecule has 2 bridgehead atoms. The van der Waals surface area contributed by atoms with Gasteiger partial charge in [0.25, 0.3) is 0 Å². The molecule has 3 aromatic rings. The van der Waals surface area contributed by atoms with Crippen molar-refractivity contribution in [3.63, 3.8) is 0 Å². The Labute approximate surface area is 210 Å². The molecule has 0 radical (unpaired) electrons. The highest BCUT2D eigenvalue weighted by atomic mass is 16.5. The summed E-state index contributed by atoms with van der Waals surface area (Å²) in [5.41, 5.74) is 3.95. The molecule has 1 fully saturated rings. The van der Waals surface area contributed by atoms with Crippen LogP contribution >= 0.6 is 0 Å². The number of anilines is 2. The van der Waals surface area contributed by atoms with Crippen molar-refractivity contribution in [1.29, 1.82) is 0 Å². The normalized spacial score (nSPS) is 17.9. The lowest BCUT2D eigenvalue weighted by molar-refractivity contribution is 0.122. The van der Waals surface area contributed by atoms with E-state index in [1.165, 1.54) is 6.33 Å². The Bertz CT molecular complexity index is 1250. The number of likely N-dealkylation sites (N-methyl/N-ethyl adjacent to an activating group) is 1. The second kappa shape index (κ2) is 10.9. The SMILES string of the molecule is C=C1CCCCOc2cc(ccc2N2CCOCC2)N=Cc2c(O)[nH]c3ncnc(c23)NCCN1C. The molecule has 0 atom stereocenters. The second-order valence-electron chi connectivity index (χ2n) is 9.06. The van der Waals surface area contributed by atoms with Gasteiger partial charge in [-0.15, -0.1) is 0 Å². The number of aliphatic imine (C=N–C) groups is 1. The van der Waals surface area contributed by atoms with Gasteiger partial charge in [-0.25, -0.2) is 9.97 Å². The zero-order valence-electron chi connectivity index (χ0n) is 20.7. The average molecular weight is 492 g/mol. The van der Waals surface area contributed by atoms with E-state index in [1.807, 2.05) is 18.2 Å². The molecule has 2 aliphatic heterocycles. The smallest absolute Gasteiger partial charge is 0.199 e. The zero-order chi connectivity index (χ0) is 24.9. The van der Waals surface area contributed by atoms with Crippen molar-refractivity contribution in [1.82, 2.24) is 19.9 Å². The lowest BCUT2D eigenvalue weighted by Crippen LogP contribution is -2.36. The summed E-state index contributed by atoms with van der Waals surface area (Å²) >= 11 is 0. The predicted octanol–water partition coefficient (Wildman–Crippen LogP) is 3.67. The van der Waals surface area contributed by atoms with Gasteiger partial charge in [-0.3, -0.25) is 4.99 Å². The third-order valence-corrected chi connectivity index (χ3v) is 6.64. The number of morpholine rings is 1. The van der Waals surface area contributed by atoms with E-state index in [0.717, 1.165) is 61.7 Å². The van der Waals surface area contributed by atoms with Crippen molar-refractivity contribution in [3.8, 4) is 11.6 Å². The van der Waals surface area contributed by atoms with E-state index in [9.17, 15) is 5.11 Å². The highest BCUT2D eigenvalue weighted by Gasteiger charge is 2.18. The van der Waals surface area contributed by atoms with Gasteiger partial charge in [0.05, 0.1) is 42.1 Å². The number of hydrogen-bond donors (Lipinski definition) is 3. The lowest BCUT2D eigenvalue weighted by Gasteiger charge is -2.30. The molecule has 1 aromatic carbocycles. The molecule has 1 saturated heterocycles. The van der Waals surface area contributed by atoms with Crippen molar-refractivity contribution in [2.75, 3.05) is 63.3 Å². The van der Waals surface area contributed by atoms with Gasteiger partial charge in [-0.05, 0) is 31.4 Å². The molecule has 0 saturated carbocycles. The number of aromatic nitrogens is 3. The van der Waals surface area contributed by atoms with Crippen molar-refractivity contribution in [2.24, 2.45) is 4.99 Å². The first kappa shape index (κ1) is 23.9. The number of nitrogens with one attached hydrogen (secondary N) is 2. The van der Waals surface area contributed by atoms with Crippen LogP contribution < -0.4 is 15.0 Å². The second-order valence-corrected chi connectivity index (χ2v) is 9.06. The molecule has 0 unspecified atom stereocenters. The van der Waals surface area contributed by atoms with E-state index in [1.54, 1.807) is 6.21 Å². The fraction of sp³-hybridized carbons (Fsp3) is 0.423. The number of rotatable bonds is 1. The number of benzene rings is 1. The van der Waals surface area contributed by atoms with Crippen LogP contribution in [-0.2, 0) is 4.74 Å². The maximum atomic E-state index is 10.6. The standard InChI is InChI=1S/C26H33N7O3/c1-18-5-3-4-12-36-22-15-19(6-7-21(22)33-10-13-35-14-11-33)28-16-20-23-24(27-8-9-32(18)2)29-17-30-25(23)31-26(20)34/h6-7,15-17,34H,1,3-5,8-14H2,2H3,(H2,27,29,30,31). The van der Waals surface area contributed by atoms with Gasteiger partial charge in [0.2, 0.25) is 0 Å². The highest BCUT2D eigenvalue weighted by molar-refractivity contribution is 6.06. The Morgan fingerprint density at radius 2 is 1.94 bits per heavy atom. The summed E-state index contributed by atoms with van der Waals surface area (Å²) in [6.45, 7) is 9.36. The van der Waals surface area contributed by atoms with Gasteiger partial charge >= 0.3 is 0 Å². The molecule has 5 rings (SSSR count). The first-order chi connectivity index (χ1) is 17.6. The van der Waals surface area contributed by atoms with Gasteiger partial charge in [0, 0.05) is 51.2 Å². The Morgan fingerprint density at radius 3 is 2.81 bits per heavy atom. The number of aromatic hydroxyl groups is 1. The number of aromatic amines is 1. The van der Waals surface area contributed by atoms with E-state index in [-0.39, 0.29) is 5.88 Å². The number of allylic oxidation sites excluding steroid dienone is 1. The summed E-state index contributed by atoms with van der Waals surface area (Å²) in [6.07, 6.45) is 5.96. The van der Waals surface area contributed by atoms with Crippen LogP contribution in [0.2, 0.25) is 0 Å². The summed E-state index contributed by atoms with van der Waals surface area (Å²) in [5, 5.41) is 14.7. The summed E-state index contributed by atoms with van der Waals surface area (Å²) < 4.78 is 11.8. The summed E-state index contributed by atoms with van der Waals surface area (Å²) in [6, 6.07) is 5.97. The summed E-state index contributed by atoms with van der Waals surface area (Å²) in [7, 11) is 2.05. The molecule has 2 aliphatic rings. The Morgan fingerprint density at radius 1 is 1.08 bits per heavy atom. The van der Waals surface area contributed by atoms with Crippen LogP contribution in [0.4, 0.5) is 17.2 Å². The molecule has 36 heavy (non-hydrogen) atoms. The van der Waals surface area contributed by atoms with Crippen LogP contribution in [0.3, 0.4) is 0 Å². The molecule has 10 heteroatoms. The topological polar surface area (TPSA) is 111 Å². The monoisotopic (exact) mass is 491 g/mol. The molecule has 0 amide bonds. The predicted molar refractivity (Wildman–Crippen MR) is 142 cm³/mol. The third kappa shape index (κ3) is 5.23. The van der Waals surface area contributed by atoms with E-state index in [4.69, 9.17) is 9.47 Å². The molecule has 0 spiro atoms. The first-order valence-corrected chi connectivity index (χ1v) is 12.4. The lowest BCUT2D eigenvalue weighted by atomic mass is 10.2. The van der Waals surface area contributed by atoms with Crippen molar-refractivity contribution < 1.29 is 14.6 Å². The Kier molecular flexibility index (Phi) is 7.22. The van der Waals surface area contributed by atoms with E-state index in [2.05, 4.69) is 48.7 Å². The number of nitrogens with zero attached hydrogens (tertiary/aromatic N) is 5. The minimum atomic E-state index is -0.00129. The van der Waals surface area contributed by atoms with E-state index < -0.39 is 0 Å². The average Bonchev–Trinajstić information content (AvgIpc) is 3.22. The molecule has 3 N–H and O–H groups in total. The van der Waals surface area contributed by atoms with Crippen LogP contribution in [0.1, 0.15) is 24.8 Å². The maximum absolute atomic E-state index is 10.6. The summed E-state index contributed by atoms with van der Waals surface area (Å²) in [4.78, 5) is 20.8. The van der Waals surface area contributed by atoms with E-state index >= 15 is 0 Å². The minimum Gasteiger partial charge on any atom is -0.494 e. The largest absolute Gasteiger partial charge is 0.494 e. The number of ether oxygens (including phenoxy) is 2. The molecule has 0 aliphatic carbocycles. The zero-order valence-corrected chi connectivity index (χ0v) is 20.7. The van der Waals surface area contributed by atoms with Gasteiger partial charge < -0.3 is 34.7 Å². The number of H-pyrrole nitrogens is 1. The van der Waals surface area contributed by atoms with Gasteiger partial charge in [-0.2, -0.15) is 0 Å². The number of fused-ring (bicyclic) bond motifs is 2. The quantitative estimate of drug-likeness (QED) is 0.473.